The number of ether oxygens (including phenoxy) is 1. The maximum Gasteiger partial charge on any atom is 0.196 e. The monoisotopic (exact) mass is 387 g/mol. The molecule has 2 heterocycles. The van der Waals surface area contributed by atoms with E-state index in [1.54, 1.807) is 72.6 Å². The van der Waals surface area contributed by atoms with E-state index in [0.29, 0.717) is 28.3 Å². The minimum Gasteiger partial charge on any atom is -0.497 e. The van der Waals surface area contributed by atoms with Gasteiger partial charge in [0.15, 0.2) is 5.78 Å². The number of anilines is 1. The predicted molar refractivity (Wildman–Crippen MR) is 110 cm³/mol. The molecule has 0 spiro atoms. The van der Waals surface area contributed by atoms with Crippen LogP contribution in [0.5, 0.6) is 5.75 Å². The first kappa shape index (κ1) is 18.4. The number of benzene rings is 2. The molecule has 2 N–H and O–H groups in total. The van der Waals surface area contributed by atoms with Crippen LogP contribution >= 0.6 is 0 Å². The molecule has 2 aromatic carbocycles. The molecule has 144 valence electrons. The van der Waals surface area contributed by atoms with Gasteiger partial charge in [0, 0.05) is 29.2 Å². The van der Waals surface area contributed by atoms with E-state index in [0.717, 1.165) is 5.56 Å². The number of carbonyl (C=O) groups is 1. The number of carbonyl (C=O) groups excluding carboxylic acids is 1. The zero-order chi connectivity index (χ0) is 20.4. The maximum absolute atomic E-state index is 13.4. The number of ketones is 1. The summed E-state index contributed by atoms with van der Waals surface area (Å²) < 4.78 is 20.4. The summed E-state index contributed by atoms with van der Waals surface area (Å²) in [5.74, 6) is 0.269. The molecule has 29 heavy (non-hydrogen) atoms. The van der Waals surface area contributed by atoms with Gasteiger partial charge in [-0.1, -0.05) is 12.1 Å². The van der Waals surface area contributed by atoms with Crippen molar-refractivity contribution >= 4 is 11.6 Å². The van der Waals surface area contributed by atoms with E-state index < -0.39 is 0 Å². The Morgan fingerprint density at radius 2 is 1.86 bits per heavy atom. The molecule has 0 bridgehead atoms. The van der Waals surface area contributed by atoms with Gasteiger partial charge in [-0.25, -0.2) is 4.39 Å². The predicted octanol–water partition coefficient (Wildman–Crippen LogP) is 4.50. The maximum atomic E-state index is 13.4. The highest BCUT2D eigenvalue weighted by Gasteiger charge is 2.22. The number of halogens is 1. The molecule has 0 fully saturated rings. The van der Waals surface area contributed by atoms with Crippen molar-refractivity contribution in [1.82, 2.24) is 9.55 Å². The van der Waals surface area contributed by atoms with Gasteiger partial charge >= 0.3 is 0 Å². The van der Waals surface area contributed by atoms with Gasteiger partial charge in [-0.05, 0) is 54.6 Å². The largest absolute Gasteiger partial charge is 0.497 e. The van der Waals surface area contributed by atoms with Crippen LogP contribution in [0.3, 0.4) is 0 Å². The van der Waals surface area contributed by atoms with E-state index in [1.807, 2.05) is 6.07 Å². The molecule has 0 radical (unpaired) electrons. The second kappa shape index (κ2) is 7.59. The van der Waals surface area contributed by atoms with Crippen molar-refractivity contribution in [2.45, 2.75) is 0 Å². The first-order valence-electron chi connectivity index (χ1n) is 8.95. The van der Waals surface area contributed by atoms with Crippen LogP contribution in [-0.4, -0.2) is 22.4 Å². The number of rotatable bonds is 5. The summed E-state index contributed by atoms with van der Waals surface area (Å²) in [5.41, 5.74) is 9.35. The van der Waals surface area contributed by atoms with Crippen molar-refractivity contribution < 1.29 is 13.9 Å². The molecule has 6 heteroatoms. The van der Waals surface area contributed by atoms with Crippen molar-refractivity contribution in [3.05, 3.63) is 96.1 Å². The van der Waals surface area contributed by atoms with E-state index in [9.17, 15) is 9.18 Å². The molecular formula is C23H18FN3O2. The number of pyridine rings is 1. The standard InChI is InChI=1S/C23H18FN3O2/c1-29-19-6-2-4-15(12-19)22(28)20-13-21(16-5-3-11-26-14-16)27(23(20)25)18-9-7-17(24)8-10-18/h2-14H,25H2,1H3. The smallest absolute Gasteiger partial charge is 0.196 e. The molecule has 0 unspecified atom stereocenters. The molecule has 4 aromatic rings. The van der Waals surface area contributed by atoms with Crippen LogP contribution < -0.4 is 10.5 Å². The first-order valence-corrected chi connectivity index (χ1v) is 8.95. The van der Waals surface area contributed by atoms with Crippen LogP contribution in [0, 0.1) is 5.82 Å². The molecular weight excluding hydrogens is 369 g/mol. The van der Waals surface area contributed by atoms with Crippen molar-refractivity contribution in [3.8, 4) is 22.7 Å². The number of hydrogen-bond acceptors (Lipinski definition) is 4. The Labute approximate surface area is 167 Å². The summed E-state index contributed by atoms with van der Waals surface area (Å²) in [6, 6.07) is 18.2. The van der Waals surface area contributed by atoms with Crippen molar-refractivity contribution in [1.29, 1.82) is 0 Å². The quantitative estimate of drug-likeness (QED) is 0.512. The number of aromatic nitrogens is 2. The Morgan fingerprint density at radius 3 is 2.55 bits per heavy atom. The van der Waals surface area contributed by atoms with Gasteiger partial charge in [-0.15, -0.1) is 0 Å². The van der Waals surface area contributed by atoms with Crippen molar-refractivity contribution in [2.24, 2.45) is 0 Å². The van der Waals surface area contributed by atoms with Gasteiger partial charge in [0.05, 0.1) is 18.4 Å². The average Bonchev–Trinajstić information content (AvgIpc) is 3.11. The van der Waals surface area contributed by atoms with E-state index in [4.69, 9.17) is 10.5 Å². The van der Waals surface area contributed by atoms with Gasteiger partial charge in [0.25, 0.3) is 0 Å². The lowest BCUT2D eigenvalue weighted by Crippen LogP contribution is -2.07. The lowest BCUT2D eigenvalue weighted by Gasteiger charge is -2.12. The summed E-state index contributed by atoms with van der Waals surface area (Å²) in [4.78, 5) is 17.4. The normalized spacial score (nSPS) is 10.7. The average molecular weight is 387 g/mol. The molecule has 0 aliphatic carbocycles. The highest BCUT2D eigenvalue weighted by atomic mass is 19.1. The fourth-order valence-electron chi connectivity index (χ4n) is 3.22. The molecule has 0 saturated carbocycles. The Bertz CT molecular complexity index is 1170. The third-order valence-electron chi connectivity index (χ3n) is 4.66. The van der Waals surface area contributed by atoms with E-state index >= 15 is 0 Å². The minimum absolute atomic E-state index is 0.229. The Hall–Kier alpha value is -3.93. The Morgan fingerprint density at radius 1 is 1.07 bits per heavy atom. The second-order valence-corrected chi connectivity index (χ2v) is 6.44. The highest BCUT2D eigenvalue weighted by Crippen LogP contribution is 2.32. The second-order valence-electron chi connectivity index (χ2n) is 6.44. The molecule has 0 aliphatic rings. The van der Waals surface area contributed by atoms with Crippen molar-refractivity contribution in [3.63, 3.8) is 0 Å². The SMILES string of the molecule is COc1cccc(C(=O)c2cc(-c3cccnc3)n(-c3ccc(F)cc3)c2N)c1. The summed E-state index contributed by atoms with van der Waals surface area (Å²) in [5, 5.41) is 0. The van der Waals surface area contributed by atoms with Gasteiger partial charge in [-0.3, -0.25) is 14.3 Å². The van der Waals surface area contributed by atoms with Crippen LogP contribution in [0.25, 0.3) is 16.9 Å². The third kappa shape index (κ3) is 3.48. The molecule has 0 amide bonds. The summed E-state index contributed by atoms with van der Waals surface area (Å²) in [6.45, 7) is 0. The van der Waals surface area contributed by atoms with E-state index in [1.165, 1.54) is 12.1 Å². The lowest BCUT2D eigenvalue weighted by atomic mass is 10.0. The minimum atomic E-state index is -0.352. The fraction of sp³-hybridized carbons (Fsp3) is 0.0435. The zero-order valence-corrected chi connectivity index (χ0v) is 15.7. The first-order chi connectivity index (χ1) is 14.1. The summed E-state index contributed by atoms with van der Waals surface area (Å²) in [7, 11) is 1.55. The number of nitrogens with two attached hydrogens (primary N) is 1. The Balaban J connectivity index is 1.90. The van der Waals surface area contributed by atoms with Crippen LogP contribution in [0.2, 0.25) is 0 Å². The molecule has 5 nitrogen and oxygen atoms in total. The third-order valence-corrected chi connectivity index (χ3v) is 4.66. The van der Waals surface area contributed by atoms with E-state index in [2.05, 4.69) is 4.98 Å². The van der Waals surface area contributed by atoms with Crippen LogP contribution in [-0.2, 0) is 0 Å². The molecule has 0 atom stereocenters. The molecule has 4 rings (SSSR count). The number of nitrogens with zero attached hydrogens (tertiary/aromatic N) is 2. The fourth-order valence-corrected chi connectivity index (χ4v) is 3.22. The summed E-state index contributed by atoms with van der Waals surface area (Å²) >= 11 is 0. The zero-order valence-electron chi connectivity index (χ0n) is 15.7. The van der Waals surface area contributed by atoms with Crippen molar-refractivity contribution in [2.75, 3.05) is 12.8 Å². The van der Waals surface area contributed by atoms with Crippen LogP contribution in [0.1, 0.15) is 15.9 Å². The molecule has 0 aliphatic heterocycles. The van der Waals surface area contributed by atoms with E-state index in [-0.39, 0.29) is 17.4 Å². The van der Waals surface area contributed by atoms with Gasteiger partial charge in [0.1, 0.15) is 17.4 Å². The number of nitrogen functional groups attached to an aromatic ring is 1. The molecule has 0 saturated heterocycles. The van der Waals surface area contributed by atoms with Crippen LogP contribution in [0.4, 0.5) is 10.2 Å². The Kier molecular flexibility index (Phi) is 4.83. The van der Waals surface area contributed by atoms with Gasteiger partial charge < -0.3 is 10.5 Å². The summed E-state index contributed by atoms with van der Waals surface area (Å²) in [6.07, 6.45) is 3.36. The van der Waals surface area contributed by atoms with Gasteiger partial charge in [-0.2, -0.15) is 0 Å². The number of methoxy groups -OCH3 is 1. The molecule has 2 aromatic heterocycles. The lowest BCUT2D eigenvalue weighted by molar-refractivity contribution is 0.103. The topological polar surface area (TPSA) is 70.1 Å². The van der Waals surface area contributed by atoms with Gasteiger partial charge in [0.2, 0.25) is 0 Å². The number of hydrogen-bond donors (Lipinski definition) is 1. The van der Waals surface area contributed by atoms with Crippen LogP contribution in [0.15, 0.2) is 79.1 Å². The highest BCUT2D eigenvalue weighted by molar-refractivity contribution is 6.13.